The third-order valence-corrected chi connectivity index (χ3v) is 8.15. The van der Waals surface area contributed by atoms with E-state index in [1.807, 2.05) is 19.9 Å². The van der Waals surface area contributed by atoms with Crippen molar-refractivity contribution in [3.8, 4) is 17.2 Å². The van der Waals surface area contributed by atoms with E-state index in [-0.39, 0.29) is 24.0 Å². The zero-order valence-electron chi connectivity index (χ0n) is 19.6. The largest absolute Gasteiger partial charge is 0.493 e. The molecule has 0 N–H and O–H groups in total. The van der Waals surface area contributed by atoms with Crippen LogP contribution in [0.5, 0.6) is 17.2 Å². The highest BCUT2D eigenvalue weighted by Gasteiger charge is 2.36. The van der Waals surface area contributed by atoms with Crippen molar-refractivity contribution in [2.45, 2.75) is 45.9 Å². The van der Waals surface area contributed by atoms with Crippen molar-refractivity contribution in [3.63, 3.8) is 0 Å². The number of carbonyl (C=O) groups excluding carboxylic acids is 1. The highest BCUT2D eigenvalue weighted by atomic mass is 35.5. The zero-order chi connectivity index (χ0) is 24.3. The summed E-state index contributed by atoms with van der Waals surface area (Å²) in [6.45, 7) is 5.65. The van der Waals surface area contributed by atoms with E-state index in [2.05, 4.69) is 0 Å². The number of methoxy groups -OCH3 is 2. The van der Waals surface area contributed by atoms with Crippen LogP contribution < -0.4 is 14.2 Å². The predicted molar refractivity (Wildman–Crippen MR) is 128 cm³/mol. The normalized spacial score (nSPS) is 17.9. The van der Waals surface area contributed by atoms with Gasteiger partial charge in [-0.3, -0.25) is 4.79 Å². The second kappa shape index (κ2) is 10.2. The summed E-state index contributed by atoms with van der Waals surface area (Å²) in [7, 11) is -0.0911. The van der Waals surface area contributed by atoms with Gasteiger partial charge in [0.05, 0.1) is 25.7 Å². The van der Waals surface area contributed by atoms with Crippen LogP contribution in [0.1, 0.15) is 30.0 Å². The third kappa shape index (κ3) is 5.92. The number of aryl methyl sites for hydroxylation is 2. The Balaban J connectivity index is 1.86. The highest BCUT2D eigenvalue weighted by Crippen LogP contribution is 2.30. The molecule has 1 heterocycles. The van der Waals surface area contributed by atoms with Gasteiger partial charge in [0.2, 0.25) is 0 Å². The Morgan fingerprint density at radius 2 is 1.76 bits per heavy atom. The molecule has 2 atom stereocenters. The van der Waals surface area contributed by atoms with E-state index >= 15 is 0 Å². The van der Waals surface area contributed by atoms with Crippen LogP contribution in [0.3, 0.4) is 0 Å². The first-order valence-electron chi connectivity index (χ1n) is 10.7. The summed E-state index contributed by atoms with van der Waals surface area (Å²) in [6.07, 6.45) is -0.416. The minimum atomic E-state index is -3.18. The maximum Gasteiger partial charge on any atom is 0.263 e. The molecule has 1 fully saturated rings. The van der Waals surface area contributed by atoms with Crippen molar-refractivity contribution in [2.75, 3.05) is 25.7 Å². The van der Waals surface area contributed by atoms with Crippen molar-refractivity contribution in [2.24, 2.45) is 0 Å². The Labute approximate surface area is 200 Å². The molecular weight excluding hydrogens is 466 g/mol. The molecule has 7 nitrogen and oxygen atoms in total. The lowest BCUT2D eigenvalue weighted by Gasteiger charge is -2.31. The van der Waals surface area contributed by atoms with E-state index in [1.54, 1.807) is 50.3 Å². The molecule has 0 bridgehead atoms. The molecule has 1 amide bonds. The van der Waals surface area contributed by atoms with Gasteiger partial charge in [0, 0.05) is 17.6 Å². The van der Waals surface area contributed by atoms with Crippen LogP contribution in [-0.2, 0) is 21.2 Å². The molecule has 0 saturated carbocycles. The fourth-order valence-electron chi connectivity index (χ4n) is 4.05. The van der Waals surface area contributed by atoms with E-state index < -0.39 is 22.0 Å². The number of amides is 1. The predicted octanol–water partition coefficient (Wildman–Crippen LogP) is 3.96. The Bertz CT molecular complexity index is 1110. The molecule has 3 rings (SSSR count). The van der Waals surface area contributed by atoms with Crippen LogP contribution in [0, 0.1) is 13.8 Å². The number of rotatable bonds is 8. The summed E-state index contributed by atoms with van der Waals surface area (Å²) in [6, 6.07) is 8.55. The smallest absolute Gasteiger partial charge is 0.263 e. The Morgan fingerprint density at radius 1 is 1.12 bits per heavy atom. The molecule has 0 aliphatic carbocycles. The number of hydrogen-bond donors (Lipinski definition) is 0. The highest BCUT2D eigenvalue weighted by molar-refractivity contribution is 7.91. The SMILES string of the molecule is COc1ccc(CN(C(=O)C(C)Oc2cc(C)c(Cl)c(C)c2)C2CCS(=O)(=O)C2)cc1OC. The Morgan fingerprint density at radius 3 is 2.30 bits per heavy atom. The number of benzene rings is 2. The summed E-state index contributed by atoms with van der Waals surface area (Å²) in [5.41, 5.74) is 2.52. The quantitative estimate of drug-likeness (QED) is 0.551. The molecule has 0 spiro atoms. The molecular formula is C24H30ClNO6S. The topological polar surface area (TPSA) is 82.1 Å². The Hall–Kier alpha value is -2.45. The van der Waals surface area contributed by atoms with Crippen molar-refractivity contribution in [1.82, 2.24) is 4.90 Å². The van der Waals surface area contributed by atoms with Gasteiger partial charge in [0.25, 0.3) is 5.91 Å². The van der Waals surface area contributed by atoms with Gasteiger partial charge in [0.1, 0.15) is 5.75 Å². The summed E-state index contributed by atoms with van der Waals surface area (Å²) in [4.78, 5) is 15.1. The molecule has 9 heteroatoms. The number of hydrogen-bond acceptors (Lipinski definition) is 6. The minimum absolute atomic E-state index is 0.0576. The number of carbonyl (C=O) groups is 1. The lowest BCUT2D eigenvalue weighted by molar-refractivity contribution is -0.140. The summed E-state index contributed by atoms with van der Waals surface area (Å²) < 4.78 is 40.9. The fourth-order valence-corrected chi connectivity index (χ4v) is 5.89. The standard InChI is InChI=1S/C24H30ClNO6S/c1-15-10-20(11-16(2)23(15)25)32-17(3)24(27)26(19-8-9-33(28,29)14-19)13-18-6-7-21(30-4)22(12-18)31-5/h6-7,10-12,17,19H,8-9,13-14H2,1-5H3. The second-order valence-electron chi connectivity index (χ2n) is 8.34. The number of sulfone groups is 1. The van der Waals surface area contributed by atoms with Gasteiger partial charge in [0.15, 0.2) is 27.4 Å². The second-order valence-corrected chi connectivity index (χ2v) is 11.0. The molecule has 2 unspecified atom stereocenters. The van der Waals surface area contributed by atoms with Crippen LogP contribution in [0.25, 0.3) is 0 Å². The third-order valence-electron chi connectivity index (χ3n) is 5.80. The summed E-state index contributed by atoms with van der Waals surface area (Å²) >= 11 is 6.24. The van der Waals surface area contributed by atoms with E-state index in [9.17, 15) is 13.2 Å². The average molecular weight is 496 g/mol. The maximum atomic E-state index is 13.5. The van der Waals surface area contributed by atoms with Gasteiger partial charge in [-0.05, 0) is 68.1 Å². The van der Waals surface area contributed by atoms with E-state index in [1.165, 1.54) is 0 Å². The maximum absolute atomic E-state index is 13.5. The van der Waals surface area contributed by atoms with E-state index in [4.69, 9.17) is 25.8 Å². The van der Waals surface area contributed by atoms with Crippen LogP contribution >= 0.6 is 11.6 Å². The fraction of sp³-hybridized carbons (Fsp3) is 0.458. The number of nitrogens with zero attached hydrogens (tertiary/aromatic N) is 1. The van der Waals surface area contributed by atoms with E-state index in [0.717, 1.165) is 16.7 Å². The Kier molecular flexibility index (Phi) is 7.80. The van der Waals surface area contributed by atoms with Crippen molar-refractivity contribution in [3.05, 3.63) is 52.0 Å². The lowest BCUT2D eigenvalue weighted by Crippen LogP contribution is -2.46. The van der Waals surface area contributed by atoms with Crippen LogP contribution in [0.2, 0.25) is 5.02 Å². The first-order chi connectivity index (χ1) is 15.5. The summed E-state index contributed by atoms with van der Waals surface area (Å²) in [5.74, 6) is 1.39. The van der Waals surface area contributed by atoms with Crippen LogP contribution in [0.4, 0.5) is 0 Å². The van der Waals surface area contributed by atoms with Gasteiger partial charge in [-0.2, -0.15) is 0 Å². The molecule has 0 radical (unpaired) electrons. The number of halogens is 1. The zero-order valence-corrected chi connectivity index (χ0v) is 21.1. The van der Waals surface area contributed by atoms with Gasteiger partial charge in [-0.25, -0.2) is 8.42 Å². The molecule has 180 valence electrons. The molecule has 2 aromatic rings. The average Bonchev–Trinajstić information content (AvgIpc) is 3.14. The monoisotopic (exact) mass is 495 g/mol. The molecule has 0 aromatic heterocycles. The first kappa shape index (κ1) is 25.2. The molecule has 1 aliphatic heterocycles. The van der Waals surface area contributed by atoms with Gasteiger partial charge in [-0.15, -0.1) is 0 Å². The lowest BCUT2D eigenvalue weighted by atomic mass is 10.1. The molecule has 2 aromatic carbocycles. The molecule has 1 aliphatic rings. The minimum Gasteiger partial charge on any atom is -0.493 e. The number of ether oxygens (including phenoxy) is 3. The van der Waals surface area contributed by atoms with Gasteiger partial charge >= 0.3 is 0 Å². The first-order valence-corrected chi connectivity index (χ1v) is 12.9. The molecule has 33 heavy (non-hydrogen) atoms. The van der Waals surface area contributed by atoms with Crippen LogP contribution in [0.15, 0.2) is 30.3 Å². The van der Waals surface area contributed by atoms with Crippen molar-refractivity contribution in [1.29, 1.82) is 0 Å². The van der Waals surface area contributed by atoms with Gasteiger partial charge < -0.3 is 19.1 Å². The molecule has 1 saturated heterocycles. The van der Waals surface area contributed by atoms with Crippen molar-refractivity contribution < 1.29 is 27.4 Å². The van der Waals surface area contributed by atoms with Crippen LogP contribution in [-0.4, -0.2) is 57.1 Å². The summed E-state index contributed by atoms with van der Waals surface area (Å²) in [5, 5.41) is 0.660. The van der Waals surface area contributed by atoms with Crippen molar-refractivity contribution >= 4 is 27.3 Å². The van der Waals surface area contributed by atoms with E-state index in [0.29, 0.717) is 28.7 Å². The van der Waals surface area contributed by atoms with Gasteiger partial charge in [-0.1, -0.05) is 17.7 Å².